The summed E-state index contributed by atoms with van der Waals surface area (Å²) in [5.74, 6) is 0.424. The number of rotatable bonds is 5. The SMILES string of the molecule is O=[N+]([O-])c1ccc(OCCN2CC3(COC3)C2)nc1. The monoisotopic (exact) mass is 265 g/mol. The maximum Gasteiger partial charge on any atom is 0.287 e. The molecule has 0 aromatic carbocycles. The van der Waals surface area contributed by atoms with Crippen LogP contribution in [0.15, 0.2) is 18.3 Å². The molecule has 0 N–H and O–H groups in total. The number of hydrogen-bond donors (Lipinski definition) is 0. The maximum atomic E-state index is 10.5. The lowest BCUT2D eigenvalue weighted by Gasteiger charge is -2.55. The van der Waals surface area contributed by atoms with E-state index in [0.29, 0.717) is 17.9 Å². The van der Waals surface area contributed by atoms with Gasteiger partial charge in [0, 0.05) is 37.2 Å². The standard InChI is InChI=1S/C12H15N3O4/c16-15(17)10-1-2-11(13-5-10)19-4-3-14-6-12(7-14)8-18-9-12/h1-2,5H,3-4,6-9H2. The molecule has 1 aromatic rings. The Morgan fingerprint density at radius 2 is 2.26 bits per heavy atom. The molecule has 0 radical (unpaired) electrons. The van der Waals surface area contributed by atoms with Gasteiger partial charge in [-0.05, 0) is 0 Å². The van der Waals surface area contributed by atoms with Gasteiger partial charge in [0.15, 0.2) is 0 Å². The van der Waals surface area contributed by atoms with Crippen LogP contribution < -0.4 is 4.74 Å². The highest BCUT2D eigenvalue weighted by molar-refractivity contribution is 5.28. The van der Waals surface area contributed by atoms with Crippen LogP contribution in [-0.4, -0.2) is 54.3 Å². The lowest BCUT2D eigenvalue weighted by Crippen LogP contribution is -2.66. The topological polar surface area (TPSA) is 77.7 Å². The first-order valence-corrected chi connectivity index (χ1v) is 6.20. The fraction of sp³-hybridized carbons (Fsp3) is 0.583. The normalized spacial score (nSPS) is 20.6. The van der Waals surface area contributed by atoms with E-state index in [0.717, 1.165) is 32.8 Å². The zero-order chi connectivity index (χ0) is 13.3. The van der Waals surface area contributed by atoms with Crippen molar-refractivity contribution in [1.82, 2.24) is 9.88 Å². The van der Waals surface area contributed by atoms with E-state index < -0.39 is 4.92 Å². The van der Waals surface area contributed by atoms with Gasteiger partial charge in [-0.3, -0.25) is 15.0 Å². The summed E-state index contributed by atoms with van der Waals surface area (Å²) in [6.45, 7) is 5.30. The molecule has 1 aromatic heterocycles. The molecule has 102 valence electrons. The van der Waals surface area contributed by atoms with Crippen molar-refractivity contribution in [2.45, 2.75) is 0 Å². The van der Waals surface area contributed by atoms with Crippen molar-refractivity contribution in [2.75, 3.05) is 39.5 Å². The van der Waals surface area contributed by atoms with Crippen LogP contribution in [0.3, 0.4) is 0 Å². The first kappa shape index (κ1) is 12.3. The molecule has 19 heavy (non-hydrogen) atoms. The van der Waals surface area contributed by atoms with E-state index in [1.807, 2.05) is 0 Å². The molecule has 0 saturated carbocycles. The number of ether oxygens (including phenoxy) is 2. The number of nitrogens with zero attached hydrogens (tertiary/aromatic N) is 3. The van der Waals surface area contributed by atoms with Gasteiger partial charge >= 0.3 is 0 Å². The number of pyridine rings is 1. The Bertz CT molecular complexity index is 464. The summed E-state index contributed by atoms with van der Waals surface area (Å²) in [7, 11) is 0. The summed E-state index contributed by atoms with van der Waals surface area (Å²) in [6.07, 6.45) is 1.21. The molecule has 0 aliphatic carbocycles. The largest absolute Gasteiger partial charge is 0.476 e. The summed E-state index contributed by atoms with van der Waals surface area (Å²) < 4.78 is 10.7. The smallest absolute Gasteiger partial charge is 0.287 e. The number of hydrogen-bond acceptors (Lipinski definition) is 6. The molecule has 0 bridgehead atoms. The molecule has 7 nitrogen and oxygen atoms in total. The quantitative estimate of drug-likeness (QED) is 0.576. The lowest BCUT2D eigenvalue weighted by molar-refractivity contribution is -0.385. The maximum absolute atomic E-state index is 10.5. The predicted octanol–water partition coefficient (Wildman–Crippen LogP) is 0.701. The average Bonchev–Trinajstić information content (AvgIpc) is 2.30. The first-order chi connectivity index (χ1) is 9.17. The van der Waals surface area contributed by atoms with Crippen molar-refractivity contribution < 1.29 is 14.4 Å². The molecule has 3 rings (SSSR count). The van der Waals surface area contributed by atoms with E-state index in [9.17, 15) is 10.1 Å². The fourth-order valence-corrected chi connectivity index (χ4v) is 2.48. The Hall–Kier alpha value is -1.73. The van der Waals surface area contributed by atoms with Crippen LogP contribution in [0.4, 0.5) is 5.69 Å². The fourth-order valence-electron chi connectivity index (χ4n) is 2.48. The predicted molar refractivity (Wildman–Crippen MR) is 66.1 cm³/mol. The highest BCUT2D eigenvalue weighted by Crippen LogP contribution is 2.37. The van der Waals surface area contributed by atoms with Gasteiger partial charge in [-0.15, -0.1) is 0 Å². The van der Waals surface area contributed by atoms with Gasteiger partial charge in [0.25, 0.3) is 5.69 Å². The second kappa shape index (κ2) is 4.75. The van der Waals surface area contributed by atoms with Gasteiger partial charge in [-0.1, -0.05) is 0 Å². The summed E-state index contributed by atoms with van der Waals surface area (Å²) in [5.41, 5.74) is 0.396. The molecule has 2 saturated heterocycles. The third kappa shape index (κ3) is 2.52. The second-order valence-electron chi connectivity index (χ2n) is 5.16. The van der Waals surface area contributed by atoms with Crippen molar-refractivity contribution in [3.8, 4) is 5.88 Å². The minimum Gasteiger partial charge on any atom is -0.476 e. The lowest BCUT2D eigenvalue weighted by atomic mass is 9.78. The van der Waals surface area contributed by atoms with Crippen LogP contribution >= 0.6 is 0 Å². The van der Waals surface area contributed by atoms with Gasteiger partial charge in [-0.25, -0.2) is 4.98 Å². The molecule has 3 heterocycles. The van der Waals surface area contributed by atoms with E-state index in [-0.39, 0.29) is 5.69 Å². The third-order valence-corrected chi connectivity index (χ3v) is 3.52. The van der Waals surface area contributed by atoms with E-state index >= 15 is 0 Å². The van der Waals surface area contributed by atoms with Crippen molar-refractivity contribution in [2.24, 2.45) is 5.41 Å². The summed E-state index contributed by atoms with van der Waals surface area (Å²) in [6, 6.07) is 2.92. The highest BCUT2D eigenvalue weighted by Gasteiger charge is 2.48. The van der Waals surface area contributed by atoms with Crippen LogP contribution in [0.5, 0.6) is 5.88 Å². The van der Waals surface area contributed by atoms with E-state index in [1.54, 1.807) is 0 Å². The summed E-state index contributed by atoms with van der Waals surface area (Å²) in [4.78, 5) is 16.2. The van der Waals surface area contributed by atoms with E-state index in [1.165, 1.54) is 18.3 Å². The average molecular weight is 265 g/mol. The van der Waals surface area contributed by atoms with E-state index in [4.69, 9.17) is 9.47 Å². The van der Waals surface area contributed by atoms with Crippen LogP contribution in [-0.2, 0) is 4.74 Å². The Balaban J connectivity index is 1.39. The van der Waals surface area contributed by atoms with Crippen LogP contribution in [0, 0.1) is 15.5 Å². The zero-order valence-electron chi connectivity index (χ0n) is 10.4. The van der Waals surface area contributed by atoms with Gasteiger partial charge in [0.05, 0.1) is 18.1 Å². The molecule has 2 fully saturated rings. The molecule has 1 spiro atoms. The third-order valence-electron chi connectivity index (χ3n) is 3.52. The first-order valence-electron chi connectivity index (χ1n) is 6.20. The van der Waals surface area contributed by atoms with Crippen LogP contribution in [0.25, 0.3) is 0 Å². The molecule has 2 aliphatic heterocycles. The second-order valence-corrected chi connectivity index (χ2v) is 5.16. The minimum absolute atomic E-state index is 0.0259. The van der Waals surface area contributed by atoms with Crippen molar-refractivity contribution in [1.29, 1.82) is 0 Å². The number of nitro groups is 1. The van der Waals surface area contributed by atoms with Crippen molar-refractivity contribution in [3.63, 3.8) is 0 Å². The molecule has 0 atom stereocenters. The Kier molecular flexibility index (Phi) is 3.08. The molecular weight excluding hydrogens is 250 g/mol. The molecule has 7 heteroatoms. The molecular formula is C12H15N3O4. The van der Waals surface area contributed by atoms with Crippen LogP contribution in [0.1, 0.15) is 0 Å². The summed E-state index contributed by atoms with van der Waals surface area (Å²) in [5, 5.41) is 10.5. The van der Waals surface area contributed by atoms with Crippen LogP contribution in [0.2, 0.25) is 0 Å². The van der Waals surface area contributed by atoms with Gasteiger partial charge in [-0.2, -0.15) is 0 Å². The zero-order valence-corrected chi connectivity index (χ0v) is 10.4. The minimum atomic E-state index is -0.475. The van der Waals surface area contributed by atoms with E-state index in [2.05, 4.69) is 9.88 Å². The number of likely N-dealkylation sites (tertiary alicyclic amines) is 1. The van der Waals surface area contributed by atoms with Crippen molar-refractivity contribution >= 4 is 5.69 Å². The Morgan fingerprint density at radius 1 is 1.47 bits per heavy atom. The highest BCUT2D eigenvalue weighted by atomic mass is 16.6. The van der Waals surface area contributed by atoms with Gasteiger partial charge < -0.3 is 9.47 Å². The van der Waals surface area contributed by atoms with Crippen molar-refractivity contribution in [3.05, 3.63) is 28.4 Å². The molecule has 2 aliphatic rings. The molecule has 0 amide bonds. The van der Waals surface area contributed by atoms with Gasteiger partial charge in [0.2, 0.25) is 5.88 Å². The Labute approximate surface area is 110 Å². The summed E-state index contributed by atoms with van der Waals surface area (Å²) >= 11 is 0. The Morgan fingerprint density at radius 3 is 2.79 bits per heavy atom. The number of aromatic nitrogens is 1. The van der Waals surface area contributed by atoms with Gasteiger partial charge in [0.1, 0.15) is 12.8 Å². The molecule has 0 unspecified atom stereocenters.